The van der Waals surface area contributed by atoms with Crippen LogP contribution in [0, 0.1) is 11.7 Å². The molecule has 1 aromatic heterocycles. The van der Waals surface area contributed by atoms with Gasteiger partial charge in [-0.2, -0.15) is 0 Å². The molecule has 0 radical (unpaired) electrons. The van der Waals surface area contributed by atoms with Gasteiger partial charge in [0.2, 0.25) is 15.9 Å². The summed E-state index contributed by atoms with van der Waals surface area (Å²) in [5.74, 6) is -0.648. The molecule has 0 aliphatic rings. The first kappa shape index (κ1) is 21.6. The van der Waals surface area contributed by atoms with Gasteiger partial charge >= 0.3 is 0 Å². The van der Waals surface area contributed by atoms with Gasteiger partial charge in [0.15, 0.2) is 0 Å². The van der Waals surface area contributed by atoms with Crippen LogP contribution in [0.15, 0.2) is 59.6 Å². The van der Waals surface area contributed by atoms with Crippen molar-refractivity contribution in [2.45, 2.75) is 31.3 Å². The lowest BCUT2D eigenvalue weighted by atomic mass is 10.0. The summed E-state index contributed by atoms with van der Waals surface area (Å²) in [7, 11) is -3.78. The highest BCUT2D eigenvalue weighted by molar-refractivity contribution is 7.89. The molecule has 0 aliphatic heterocycles. The topological polar surface area (TPSA) is 120 Å². The SMILES string of the molecule is CC(C)C(C(=O)NCc1ccc(F)cc1)n1cc(-c2ccc(S(N)(=O)=O)cc2)nn1. The van der Waals surface area contributed by atoms with Crippen molar-refractivity contribution in [1.29, 1.82) is 0 Å². The fourth-order valence-electron chi connectivity index (χ4n) is 2.98. The monoisotopic (exact) mass is 431 g/mol. The molecule has 30 heavy (non-hydrogen) atoms. The van der Waals surface area contributed by atoms with E-state index in [9.17, 15) is 17.6 Å². The zero-order valence-electron chi connectivity index (χ0n) is 16.5. The summed E-state index contributed by atoms with van der Waals surface area (Å²) >= 11 is 0. The molecule has 8 nitrogen and oxygen atoms in total. The summed E-state index contributed by atoms with van der Waals surface area (Å²) in [5.41, 5.74) is 1.91. The van der Waals surface area contributed by atoms with Crippen molar-refractivity contribution in [3.8, 4) is 11.3 Å². The van der Waals surface area contributed by atoms with Crippen LogP contribution in [0.1, 0.15) is 25.5 Å². The second-order valence-corrected chi connectivity index (χ2v) is 8.75. The van der Waals surface area contributed by atoms with Crippen molar-refractivity contribution in [3.05, 3.63) is 66.1 Å². The second kappa shape index (κ2) is 8.72. The van der Waals surface area contributed by atoms with Gasteiger partial charge in [-0.15, -0.1) is 5.10 Å². The number of nitrogens with two attached hydrogens (primary N) is 1. The number of primary sulfonamides is 1. The molecular weight excluding hydrogens is 409 g/mol. The third kappa shape index (κ3) is 5.08. The summed E-state index contributed by atoms with van der Waals surface area (Å²) in [6.45, 7) is 4.05. The predicted octanol–water partition coefficient (Wildman–Crippen LogP) is 2.25. The molecule has 3 N–H and O–H groups in total. The van der Waals surface area contributed by atoms with E-state index in [1.165, 1.54) is 28.9 Å². The first-order chi connectivity index (χ1) is 14.1. The Balaban J connectivity index is 1.76. The minimum Gasteiger partial charge on any atom is -0.350 e. The van der Waals surface area contributed by atoms with E-state index in [1.54, 1.807) is 30.5 Å². The van der Waals surface area contributed by atoms with Crippen molar-refractivity contribution >= 4 is 15.9 Å². The van der Waals surface area contributed by atoms with Crippen LogP contribution in [0.25, 0.3) is 11.3 Å². The Bertz CT molecular complexity index is 1130. The molecule has 0 saturated carbocycles. The number of hydrogen-bond donors (Lipinski definition) is 2. The number of carbonyl (C=O) groups is 1. The number of halogens is 1. The Hall–Kier alpha value is -3.11. The van der Waals surface area contributed by atoms with E-state index in [-0.39, 0.29) is 29.1 Å². The Kier molecular flexibility index (Phi) is 6.28. The summed E-state index contributed by atoms with van der Waals surface area (Å²) in [6.07, 6.45) is 1.63. The minimum absolute atomic E-state index is 0.00105. The highest BCUT2D eigenvalue weighted by atomic mass is 32.2. The Morgan fingerprint density at radius 3 is 2.33 bits per heavy atom. The largest absolute Gasteiger partial charge is 0.350 e. The normalized spacial score (nSPS) is 12.7. The van der Waals surface area contributed by atoms with Crippen LogP contribution in [0.3, 0.4) is 0 Å². The number of hydrogen-bond acceptors (Lipinski definition) is 5. The molecule has 1 atom stereocenters. The van der Waals surface area contributed by atoms with Crippen LogP contribution in [0.2, 0.25) is 0 Å². The van der Waals surface area contributed by atoms with Gasteiger partial charge in [-0.3, -0.25) is 4.79 Å². The second-order valence-electron chi connectivity index (χ2n) is 7.19. The molecule has 3 rings (SSSR count). The van der Waals surface area contributed by atoms with Crippen LogP contribution in [0.5, 0.6) is 0 Å². The van der Waals surface area contributed by atoms with Crippen LogP contribution < -0.4 is 10.5 Å². The highest BCUT2D eigenvalue weighted by Crippen LogP contribution is 2.22. The van der Waals surface area contributed by atoms with Gasteiger partial charge < -0.3 is 5.32 Å². The van der Waals surface area contributed by atoms with Gasteiger partial charge in [0.05, 0.1) is 11.1 Å². The average Bonchev–Trinajstić information content (AvgIpc) is 3.16. The first-order valence-electron chi connectivity index (χ1n) is 9.22. The van der Waals surface area contributed by atoms with E-state index in [0.717, 1.165) is 5.56 Å². The van der Waals surface area contributed by atoms with E-state index in [1.807, 2.05) is 13.8 Å². The Labute approximate surface area is 174 Å². The number of rotatable bonds is 7. The number of aromatic nitrogens is 3. The molecule has 2 aromatic carbocycles. The summed E-state index contributed by atoms with van der Waals surface area (Å²) in [6, 6.07) is 11.2. The van der Waals surface area contributed by atoms with Crippen molar-refractivity contribution in [3.63, 3.8) is 0 Å². The lowest BCUT2D eigenvalue weighted by molar-refractivity contribution is -0.126. The van der Waals surface area contributed by atoms with Crippen molar-refractivity contribution in [1.82, 2.24) is 20.3 Å². The minimum atomic E-state index is -3.78. The number of nitrogens with zero attached hydrogens (tertiary/aromatic N) is 3. The van der Waals surface area contributed by atoms with Crippen LogP contribution in [-0.2, 0) is 21.4 Å². The van der Waals surface area contributed by atoms with Crippen LogP contribution in [0.4, 0.5) is 4.39 Å². The Morgan fingerprint density at radius 2 is 1.77 bits per heavy atom. The van der Waals surface area contributed by atoms with E-state index in [4.69, 9.17) is 5.14 Å². The van der Waals surface area contributed by atoms with E-state index >= 15 is 0 Å². The number of carbonyl (C=O) groups excluding carboxylic acids is 1. The number of nitrogens with one attached hydrogen (secondary N) is 1. The lowest BCUT2D eigenvalue weighted by Gasteiger charge is -2.20. The molecule has 0 fully saturated rings. The van der Waals surface area contributed by atoms with Gasteiger partial charge in [0, 0.05) is 12.1 Å². The third-order valence-electron chi connectivity index (χ3n) is 4.55. The van der Waals surface area contributed by atoms with Crippen molar-refractivity contribution in [2.24, 2.45) is 11.1 Å². The van der Waals surface area contributed by atoms with E-state index < -0.39 is 16.1 Å². The van der Waals surface area contributed by atoms with Crippen LogP contribution in [-0.4, -0.2) is 29.3 Å². The molecule has 0 saturated heterocycles. The lowest BCUT2D eigenvalue weighted by Crippen LogP contribution is -2.35. The molecule has 1 unspecified atom stereocenters. The molecular formula is C20H22FN5O3S. The average molecular weight is 431 g/mol. The summed E-state index contributed by atoms with van der Waals surface area (Å²) in [5, 5.41) is 16.1. The third-order valence-corrected chi connectivity index (χ3v) is 5.48. The maximum absolute atomic E-state index is 13.0. The standard InChI is InChI=1S/C20H22FN5O3S/c1-13(2)19(20(27)23-11-14-3-7-16(21)8-4-14)26-12-18(24-25-26)15-5-9-17(10-6-15)30(22,28)29/h3-10,12-13,19H,11H2,1-2H3,(H,23,27)(H2,22,28,29). The molecule has 0 aliphatic carbocycles. The molecule has 3 aromatic rings. The zero-order chi connectivity index (χ0) is 21.9. The quantitative estimate of drug-likeness (QED) is 0.594. The molecule has 1 amide bonds. The number of sulfonamides is 1. The molecule has 1 heterocycles. The maximum Gasteiger partial charge on any atom is 0.245 e. The van der Waals surface area contributed by atoms with Crippen molar-refractivity contribution in [2.75, 3.05) is 0 Å². The van der Waals surface area contributed by atoms with Gasteiger partial charge in [-0.1, -0.05) is 43.3 Å². The molecule has 10 heteroatoms. The van der Waals surface area contributed by atoms with Crippen LogP contribution >= 0.6 is 0 Å². The highest BCUT2D eigenvalue weighted by Gasteiger charge is 2.25. The van der Waals surface area contributed by atoms with Gasteiger partial charge in [0.1, 0.15) is 17.6 Å². The van der Waals surface area contributed by atoms with E-state index in [2.05, 4.69) is 15.6 Å². The molecule has 0 spiro atoms. The van der Waals surface area contributed by atoms with Crippen molar-refractivity contribution < 1.29 is 17.6 Å². The van der Waals surface area contributed by atoms with Gasteiger partial charge in [-0.25, -0.2) is 22.6 Å². The first-order valence-corrected chi connectivity index (χ1v) is 10.8. The Morgan fingerprint density at radius 1 is 1.13 bits per heavy atom. The van der Waals surface area contributed by atoms with Gasteiger partial charge in [0.25, 0.3) is 0 Å². The smallest absolute Gasteiger partial charge is 0.245 e. The maximum atomic E-state index is 13.0. The predicted molar refractivity (Wildman–Crippen MR) is 109 cm³/mol. The number of amides is 1. The fourth-order valence-corrected chi connectivity index (χ4v) is 3.50. The molecule has 0 bridgehead atoms. The molecule has 158 valence electrons. The summed E-state index contributed by atoms with van der Waals surface area (Å²) in [4.78, 5) is 12.8. The summed E-state index contributed by atoms with van der Waals surface area (Å²) < 4.78 is 37.3. The van der Waals surface area contributed by atoms with Gasteiger partial charge in [-0.05, 0) is 35.7 Å². The number of benzene rings is 2. The van der Waals surface area contributed by atoms with E-state index in [0.29, 0.717) is 11.3 Å². The fraction of sp³-hybridized carbons (Fsp3) is 0.250. The zero-order valence-corrected chi connectivity index (χ0v) is 17.3.